The monoisotopic (exact) mass is 364 g/mol. The number of anilines is 2. The SMILES string of the molecule is Cc1ccnc(Nc2cccc(-c3cnc(C4CCC(C)CC4)s3)n2)c1. The third-order valence-corrected chi connectivity index (χ3v) is 6.24. The van der Waals surface area contributed by atoms with Gasteiger partial charge in [0.2, 0.25) is 0 Å². The molecule has 134 valence electrons. The average molecular weight is 365 g/mol. The van der Waals surface area contributed by atoms with E-state index in [1.165, 1.54) is 36.3 Å². The molecular formula is C21H24N4S. The van der Waals surface area contributed by atoms with Gasteiger partial charge in [-0.05, 0) is 55.5 Å². The van der Waals surface area contributed by atoms with Gasteiger partial charge in [0, 0.05) is 18.3 Å². The summed E-state index contributed by atoms with van der Waals surface area (Å²) in [7, 11) is 0. The summed E-state index contributed by atoms with van der Waals surface area (Å²) in [5.41, 5.74) is 2.14. The van der Waals surface area contributed by atoms with Crippen LogP contribution in [0.4, 0.5) is 11.6 Å². The molecule has 0 unspecified atom stereocenters. The molecule has 0 saturated heterocycles. The third-order valence-electron chi connectivity index (χ3n) is 5.06. The Balaban J connectivity index is 1.51. The number of pyridine rings is 2. The number of aryl methyl sites for hydroxylation is 1. The Morgan fingerprint density at radius 2 is 1.88 bits per heavy atom. The van der Waals surface area contributed by atoms with E-state index >= 15 is 0 Å². The lowest BCUT2D eigenvalue weighted by Gasteiger charge is -2.24. The predicted molar refractivity (Wildman–Crippen MR) is 108 cm³/mol. The zero-order valence-corrected chi connectivity index (χ0v) is 16.1. The summed E-state index contributed by atoms with van der Waals surface area (Å²) >= 11 is 1.79. The molecule has 26 heavy (non-hydrogen) atoms. The second kappa shape index (κ2) is 7.54. The van der Waals surface area contributed by atoms with Crippen molar-refractivity contribution in [2.45, 2.75) is 45.4 Å². The summed E-state index contributed by atoms with van der Waals surface area (Å²) in [6.07, 6.45) is 8.96. The molecule has 1 aliphatic rings. The van der Waals surface area contributed by atoms with Crippen LogP contribution in [0.5, 0.6) is 0 Å². The molecule has 0 bridgehead atoms. The van der Waals surface area contributed by atoms with Crippen LogP contribution in [0.3, 0.4) is 0 Å². The summed E-state index contributed by atoms with van der Waals surface area (Å²) in [6, 6.07) is 10.1. The summed E-state index contributed by atoms with van der Waals surface area (Å²) in [4.78, 5) is 15.0. The van der Waals surface area contributed by atoms with Gasteiger partial charge in [0.05, 0.1) is 15.6 Å². The first kappa shape index (κ1) is 17.2. The van der Waals surface area contributed by atoms with Gasteiger partial charge in [-0.25, -0.2) is 15.0 Å². The lowest BCUT2D eigenvalue weighted by atomic mass is 9.83. The van der Waals surface area contributed by atoms with Crippen molar-refractivity contribution in [3.05, 3.63) is 53.3 Å². The molecule has 3 aromatic rings. The first-order valence-electron chi connectivity index (χ1n) is 9.30. The van der Waals surface area contributed by atoms with Gasteiger partial charge in [-0.1, -0.05) is 25.8 Å². The van der Waals surface area contributed by atoms with Crippen LogP contribution in [0.2, 0.25) is 0 Å². The van der Waals surface area contributed by atoms with E-state index in [1.54, 1.807) is 11.3 Å². The molecule has 0 spiro atoms. The second-order valence-corrected chi connectivity index (χ2v) is 8.33. The highest BCUT2D eigenvalue weighted by Gasteiger charge is 2.22. The highest BCUT2D eigenvalue weighted by atomic mass is 32.1. The van der Waals surface area contributed by atoms with E-state index in [9.17, 15) is 0 Å². The predicted octanol–water partition coefficient (Wildman–Crippen LogP) is 5.95. The fourth-order valence-electron chi connectivity index (χ4n) is 3.48. The Morgan fingerprint density at radius 3 is 2.69 bits per heavy atom. The molecule has 0 aromatic carbocycles. The summed E-state index contributed by atoms with van der Waals surface area (Å²) in [6.45, 7) is 4.41. The van der Waals surface area contributed by atoms with Crippen LogP contribution < -0.4 is 5.32 Å². The van der Waals surface area contributed by atoms with E-state index in [2.05, 4.69) is 30.2 Å². The maximum atomic E-state index is 4.76. The van der Waals surface area contributed by atoms with E-state index in [1.807, 2.05) is 36.7 Å². The van der Waals surface area contributed by atoms with Crippen molar-refractivity contribution >= 4 is 23.0 Å². The Bertz CT molecular complexity index is 881. The molecule has 0 aliphatic heterocycles. The lowest BCUT2D eigenvalue weighted by Crippen LogP contribution is -2.10. The van der Waals surface area contributed by atoms with Crippen LogP contribution in [0.1, 0.15) is 49.1 Å². The maximum absolute atomic E-state index is 4.76. The van der Waals surface area contributed by atoms with E-state index in [-0.39, 0.29) is 0 Å². The van der Waals surface area contributed by atoms with E-state index in [4.69, 9.17) is 9.97 Å². The number of nitrogens with one attached hydrogen (secondary N) is 1. The molecule has 3 aromatic heterocycles. The Morgan fingerprint density at radius 1 is 1.04 bits per heavy atom. The Hall–Kier alpha value is -2.27. The zero-order valence-electron chi connectivity index (χ0n) is 15.3. The minimum Gasteiger partial charge on any atom is -0.325 e. The maximum Gasteiger partial charge on any atom is 0.132 e. The summed E-state index contributed by atoms with van der Waals surface area (Å²) in [5.74, 6) is 3.12. The molecule has 1 fully saturated rings. The molecule has 1 aliphatic carbocycles. The van der Waals surface area contributed by atoms with Crippen LogP contribution >= 0.6 is 11.3 Å². The van der Waals surface area contributed by atoms with Crippen LogP contribution in [0.15, 0.2) is 42.7 Å². The quantitative estimate of drug-likeness (QED) is 0.622. The number of hydrogen-bond donors (Lipinski definition) is 1. The molecule has 5 heteroatoms. The first-order chi connectivity index (χ1) is 12.7. The van der Waals surface area contributed by atoms with Gasteiger partial charge in [0.15, 0.2) is 0 Å². The van der Waals surface area contributed by atoms with Crippen LogP contribution in [-0.4, -0.2) is 15.0 Å². The van der Waals surface area contributed by atoms with Crippen molar-refractivity contribution in [1.29, 1.82) is 0 Å². The molecule has 3 heterocycles. The molecule has 1 N–H and O–H groups in total. The van der Waals surface area contributed by atoms with Crippen molar-refractivity contribution in [3.63, 3.8) is 0 Å². The normalized spacial score (nSPS) is 20.1. The van der Waals surface area contributed by atoms with Crippen LogP contribution in [0.25, 0.3) is 10.6 Å². The van der Waals surface area contributed by atoms with Gasteiger partial charge in [0.1, 0.15) is 11.6 Å². The summed E-state index contributed by atoms with van der Waals surface area (Å²) in [5, 5.41) is 4.56. The number of hydrogen-bond acceptors (Lipinski definition) is 5. The fraction of sp³-hybridized carbons (Fsp3) is 0.381. The zero-order chi connectivity index (χ0) is 17.9. The minimum atomic E-state index is 0.628. The van der Waals surface area contributed by atoms with E-state index in [0.29, 0.717) is 5.92 Å². The molecule has 4 rings (SSSR count). The number of thiazole rings is 1. The van der Waals surface area contributed by atoms with Gasteiger partial charge in [-0.3, -0.25) is 0 Å². The molecule has 4 nitrogen and oxygen atoms in total. The molecular weight excluding hydrogens is 340 g/mol. The van der Waals surface area contributed by atoms with Crippen molar-refractivity contribution in [2.75, 3.05) is 5.32 Å². The number of nitrogens with zero attached hydrogens (tertiary/aromatic N) is 3. The molecule has 0 amide bonds. The van der Waals surface area contributed by atoms with Crippen LogP contribution in [0, 0.1) is 12.8 Å². The van der Waals surface area contributed by atoms with Gasteiger partial charge in [-0.2, -0.15) is 0 Å². The van der Waals surface area contributed by atoms with Gasteiger partial charge in [0.25, 0.3) is 0 Å². The van der Waals surface area contributed by atoms with Gasteiger partial charge >= 0.3 is 0 Å². The largest absolute Gasteiger partial charge is 0.325 e. The van der Waals surface area contributed by atoms with Crippen molar-refractivity contribution in [2.24, 2.45) is 5.92 Å². The average Bonchev–Trinajstić information content (AvgIpc) is 3.13. The van der Waals surface area contributed by atoms with Crippen molar-refractivity contribution < 1.29 is 0 Å². The van der Waals surface area contributed by atoms with Crippen LogP contribution in [-0.2, 0) is 0 Å². The minimum absolute atomic E-state index is 0.628. The van der Waals surface area contributed by atoms with Gasteiger partial charge < -0.3 is 5.32 Å². The van der Waals surface area contributed by atoms with Crippen molar-refractivity contribution in [1.82, 2.24) is 15.0 Å². The molecule has 0 atom stereocenters. The molecule has 1 saturated carbocycles. The smallest absolute Gasteiger partial charge is 0.132 e. The second-order valence-electron chi connectivity index (χ2n) is 7.27. The third kappa shape index (κ3) is 3.93. The summed E-state index contributed by atoms with van der Waals surface area (Å²) < 4.78 is 0. The Kier molecular flexibility index (Phi) is 4.98. The number of aromatic nitrogens is 3. The first-order valence-corrected chi connectivity index (χ1v) is 10.1. The molecule has 0 radical (unpaired) electrons. The Labute approximate surface area is 158 Å². The topological polar surface area (TPSA) is 50.7 Å². The van der Waals surface area contributed by atoms with E-state index in [0.717, 1.165) is 28.1 Å². The standard InChI is InChI=1S/C21H24N4S/c1-14-6-8-16(9-7-14)21-23-13-18(26-21)17-4-3-5-19(24-17)25-20-12-15(2)10-11-22-20/h3-5,10-14,16H,6-9H2,1-2H3,(H,22,24,25). The van der Waals surface area contributed by atoms with Gasteiger partial charge in [-0.15, -0.1) is 11.3 Å². The van der Waals surface area contributed by atoms with E-state index < -0.39 is 0 Å². The highest BCUT2D eigenvalue weighted by molar-refractivity contribution is 7.15. The fourth-order valence-corrected chi connectivity index (χ4v) is 4.54. The lowest BCUT2D eigenvalue weighted by molar-refractivity contribution is 0.347. The van der Waals surface area contributed by atoms with Crippen molar-refractivity contribution in [3.8, 4) is 10.6 Å². The highest BCUT2D eigenvalue weighted by Crippen LogP contribution is 2.39. The number of rotatable bonds is 4.